The lowest BCUT2D eigenvalue weighted by molar-refractivity contribution is -0.137. The van der Waals surface area contributed by atoms with Gasteiger partial charge in [-0.25, -0.2) is 9.97 Å². The third kappa shape index (κ3) is 3.01. The van der Waals surface area contributed by atoms with Crippen LogP contribution in [0, 0.1) is 6.92 Å². The average Bonchev–Trinajstić information content (AvgIpc) is 2.37. The number of rotatable bonds is 2. The maximum atomic E-state index is 12.5. The number of nitrogens with one attached hydrogen (secondary N) is 1. The molecule has 0 saturated carbocycles. The van der Waals surface area contributed by atoms with Crippen molar-refractivity contribution in [2.75, 3.05) is 12.4 Å². The number of aryl methyl sites for hydroxylation is 1. The summed E-state index contributed by atoms with van der Waals surface area (Å²) in [4.78, 5) is 8.34. The molecule has 1 heterocycles. The summed E-state index contributed by atoms with van der Waals surface area (Å²) in [5.74, 6) is 1.18. The maximum Gasteiger partial charge on any atom is 0.416 e. The molecular weight excluding hydrogens is 255 g/mol. The second-order valence-electron chi connectivity index (χ2n) is 4.01. The molecule has 1 N–H and O–H groups in total. The fourth-order valence-electron chi connectivity index (χ4n) is 1.67. The Balaban J connectivity index is 2.40. The zero-order chi connectivity index (χ0) is 14.0. The largest absolute Gasteiger partial charge is 0.416 e. The molecule has 0 radical (unpaired) electrons. The highest BCUT2D eigenvalue weighted by atomic mass is 19.4. The number of hydrogen-bond acceptors (Lipinski definition) is 3. The van der Waals surface area contributed by atoms with Crippen molar-refractivity contribution >= 4 is 5.82 Å². The van der Waals surface area contributed by atoms with Crippen LogP contribution in [0.5, 0.6) is 0 Å². The predicted molar refractivity (Wildman–Crippen MR) is 66.8 cm³/mol. The van der Waals surface area contributed by atoms with Crippen molar-refractivity contribution in [3.63, 3.8) is 0 Å². The third-order valence-corrected chi connectivity index (χ3v) is 2.60. The quantitative estimate of drug-likeness (QED) is 0.904. The van der Waals surface area contributed by atoms with Crippen LogP contribution in [0.15, 0.2) is 30.3 Å². The van der Waals surface area contributed by atoms with Crippen LogP contribution >= 0.6 is 0 Å². The molecule has 0 amide bonds. The smallest absolute Gasteiger partial charge is 0.373 e. The highest BCUT2D eigenvalue weighted by Crippen LogP contribution is 2.30. The van der Waals surface area contributed by atoms with Crippen molar-refractivity contribution in [3.05, 3.63) is 41.7 Å². The molecule has 0 atom stereocenters. The normalized spacial score (nSPS) is 11.4. The minimum absolute atomic E-state index is 0.557. The van der Waals surface area contributed by atoms with Crippen molar-refractivity contribution in [2.24, 2.45) is 0 Å². The Kier molecular flexibility index (Phi) is 3.42. The second kappa shape index (κ2) is 4.87. The van der Waals surface area contributed by atoms with E-state index >= 15 is 0 Å². The monoisotopic (exact) mass is 267 g/mol. The molecule has 0 bridgehead atoms. The van der Waals surface area contributed by atoms with Crippen molar-refractivity contribution in [1.82, 2.24) is 9.97 Å². The van der Waals surface area contributed by atoms with Gasteiger partial charge in [0.25, 0.3) is 0 Å². The first-order valence-corrected chi connectivity index (χ1v) is 5.61. The van der Waals surface area contributed by atoms with Gasteiger partial charge in [0.05, 0.1) is 11.3 Å². The Labute approximate surface area is 108 Å². The molecule has 3 nitrogen and oxygen atoms in total. The van der Waals surface area contributed by atoms with Gasteiger partial charge in [0, 0.05) is 18.7 Å². The summed E-state index contributed by atoms with van der Waals surface area (Å²) in [5, 5.41) is 2.88. The van der Waals surface area contributed by atoms with E-state index in [0.717, 1.165) is 12.1 Å². The van der Waals surface area contributed by atoms with Crippen molar-refractivity contribution in [3.8, 4) is 11.3 Å². The Morgan fingerprint density at radius 1 is 1.05 bits per heavy atom. The van der Waals surface area contributed by atoms with Crippen molar-refractivity contribution in [1.29, 1.82) is 0 Å². The van der Waals surface area contributed by atoms with Gasteiger partial charge in [-0.1, -0.05) is 12.1 Å². The van der Waals surface area contributed by atoms with Crippen LogP contribution in [0.25, 0.3) is 11.3 Å². The molecule has 2 aromatic rings. The first-order chi connectivity index (χ1) is 8.90. The predicted octanol–water partition coefficient (Wildman–Crippen LogP) is 3.51. The lowest BCUT2D eigenvalue weighted by atomic mass is 10.1. The molecule has 1 aromatic heterocycles. The number of halogens is 3. The minimum Gasteiger partial charge on any atom is -0.373 e. The number of aromatic nitrogens is 2. The molecule has 0 spiro atoms. The molecule has 6 heteroatoms. The van der Waals surface area contributed by atoms with Crippen LogP contribution in [0.4, 0.5) is 19.0 Å². The molecule has 0 aliphatic heterocycles. The topological polar surface area (TPSA) is 37.8 Å². The van der Waals surface area contributed by atoms with Gasteiger partial charge in [-0.2, -0.15) is 13.2 Å². The molecule has 0 unspecified atom stereocenters. The van der Waals surface area contributed by atoms with Crippen LogP contribution in [0.1, 0.15) is 11.4 Å². The number of benzene rings is 1. The summed E-state index contributed by atoms with van der Waals surface area (Å²) in [6, 6.07) is 6.60. The SMILES string of the molecule is CNc1cc(-c2ccc(C(F)(F)F)cc2)nc(C)n1. The van der Waals surface area contributed by atoms with Crippen LogP contribution in [-0.2, 0) is 6.18 Å². The standard InChI is InChI=1S/C13H12F3N3/c1-8-18-11(7-12(17-2)19-8)9-3-5-10(6-4-9)13(14,15)16/h3-7H,1-2H3,(H,17,18,19). The molecule has 19 heavy (non-hydrogen) atoms. The van der Waals surface area contributed by atoms with Crippen LogP contribution in [0.2, 0.25) is 0 Å². The molecule has 100 valence electrons. The molecule has 1 aromatic carbocycles. The second-order valence-corrected chi connectivity index (χ2v) is 4.01. The van der Waals surface area contributed by atoms with E-state index in [2.05, 4.69) is 15.3 Å². The fraction of sp³-hybridized carbons (Fsp3) is 0.231. The van der Waals surface area contributed by atoms with Crippen LogP contribution in [0.3, 0.4) is 0 Å². The summed E-state index contributed by atoms with van der Waals surface area (Å²) in [5.41, 5.74) is 0.538. The van der Waals surface area contributed by atoms with E-state index in [1.54, 1.807) is 20.0 Å². The number of anilines is 1. The molecular formula is C13H12F3N3. The highest BCUT2D eigenvalue weighted by molar-refractivity contribution is 5.62. The Morgan fingerprint density at radius 2 is 1.68 bits per heavy atom. The van der Waals surface area contributed by atoms with E-state index in [4.69, 9.17) is 0 Å². The van der Waals surface area contributed by atoms with Gasteiger partial charge in [0.1, 0.15) is 11.6 Å². The third-order valence-electron chi connectivity index (χ3n) is 2.60. The van der Waals surface area contributed by atoms with Gasteiger partial charge in [0.15, 0.2) is 0 Å². The molecule has 0 aliphatic carbocycles. The lowest BCUT2D eigenvalue weighted by Gasteiger charge is -2.08. The fourth-order valence-corrected chi connectivity index (χ4v) is 1.67. The minimum atomic E-state index is -4.32. The van der Waals surface area contributed by atoms with E-state index in [0.29, 0.717) is 22.9 Å². The van der Waals surface area contributed by atoms with Crippen molar-refractivity contribution in [2.45, 2.75) is 13.1 Å². The zero-order valence-electron chi connectivity index (χ0n) is 10.4. The van der Waals surface area contributed by atoms with Gasteiger partial charge in [-0.05, 0) is 19.1 Å². The van der Waals surface area contributed by atoms with E-state index < -0.39 is 11.7 Å². The summed E-state index contributed by atoms with van der Waals surface area (Å²) < 4.78 is 37.4. The highest BCUT2D eigenvalue weighted by Gasteiger charge is 2.30. The van der Waals surface area contributed by atoms with Crippen LogP contribution in [-0.4, -0.2) is 17.0 Å². The molecule has 0 aliphatic rings. The Morgan fingerprint density at radius 3 is 2.21 bits per heavy atom. The zero-order valence-corrected chi connectivity index (χ0v) is 10.4. The summed E-state index contributed by atoms with van der Waals surface area (Å²) in [6.07, 6.45) is -4.32. The van der Waals surface area contributed by atoms with Crippen molar-refractivity contribution < 1.29 is 13.2 Å². The van der Waals surface area contributed by atoms with E-state index in [9.17, 15) is 13.2 Å². The summed E-state index contributed by atoms with van der Waals surface area (Å²) in [6.45, 7) is 1.73. The van der Waals surface area contributed by atoms with Gasteiger partial charge in [0.2, 0.25) is 0 Å². The molecule has 0 saturated heterocycles. The van der Waals surface area contributed by atoms with Gasteiger partial charge < -0.3 is 5.32 Å². The van der Waals surface area contributed by atoms with E-state index in [-0.39, 0.29) is 0 Å². The molecule has 0 fully saturated rings. The molecule has 2 rings (SSSR count). The maximum absolute atomic E-state index is 12.5. The first kappa shape index (κ1) is 13.3. The van der Waals surface area contributed by atoms with E-state index in [1.165, 1.54) is 12.1 Å². The summed E-state index contributed by atoms with van der Waals surface area (Å²) in [7, 11) is 1.72. The number of nitrogens with zero attached hydrogens (tertiary/aromatic N) is 2. The lowest BCUT2D eigenvalue weighted by Crippen LogP contribution is -2.04. The summed E-state index contributed by atoms with van der Waals surface area (Å²) >= 11 is 0. The van der Waals surface area contributed by atoms with Gasteiger partial charge >= 0.3 is 6.18 Å². The Bertz CT molecular complexity index is 577. The first-order valence-electron chi connectivity index (χ1n) is 5.61. The number of alkyl halides is 3. The van der Waals surface area contributed by atoms with Crippen LogP contribution < -0.4 is 5.32 Å². The number of hydrogen-bond donors (Lipinski definition) is 1. The van der Waals surface area contributed by atoms with Gasteiger partial charge in [-0.15, -0.1) is 0 Å². The average molecular weight is 267 g/mol. The Hall–Kier alpha value is -2.11. The van der Waals surface area contributed by atoms with E-state index in [1.807, 2.05) is 0 Å². The van der Waals surface area contributed by atoms with Gasteiger partial charge in [-0.3, -0.25) is 0 Å².